The molecule has 0 amide bonds. The Kier molecular flexibility index (Phi) is 26.8. The van der Waals surface area contributed by atoms with Crippen LogP contribution in [-0.4, -0.2) is 246 Å². The lowest BCUT2D eigenvalue weighted by Crippen LogP contribution is -2.43. The molecule has 6 bridgehead atoms. The molecule has 141 heavy (non-hydrogen) atoms. The van der Waals surface area contributed by atoms with Crippen molar-refractivity contribution in [3.63, 3.8) is 0 Å². The molecule has 6 unspecified atom stereocenters. The number of nitrogens with two attached hydrogens (primary N) is 6. The largest absolute Gasteiger partial charge is 0.398 e. The van der Waals surface area contributed by atoms with Crippen LogP contribution >= 0.6 is 40.3 Å². The first-order valence-corrected chi connectivity index (χ1v) is 56.3. The van der Waals surface area contributed by atoms with Gasteiger partial charge in [0.05, 0.1) is 74.8 Å². The topological polar surface area (TPSA) is 688 Å². The first-order valence-electron chi connectivity index (χ1n) is 40.8. The molecule has 0 aliphatic carbocycles. The monoisotopic (exact) mass is 2200 g/mol. The van der Waals surface area contributed by atoms with Crippen LogP contribution in [-0.2, 0) is 154 Å². The lowest BCUT2D eigenvalue weighted by atomic mass is 9.99. The molecule has 9 saturated heterocycles. The van der Waals surface area contributed by atoms with E-state index in [-0.39, 0.29) is 121 Å². The predicted octanol–water partition coefficient (Wildman–Crippen LogP) is 3.75. The normalized spacial score (nSPS) is 36.4. The van der Waals surface area contributed by atoms with Gasteiger partial charge in [-0.05, 0) is 89.0 Å². The maximum Gasteiger partial charge on any atom is 0.325 e. The van der Waals surface area contributed by atoms with Crippen molar-refractivity contribution in [3.05, 3.63) is 123 Å². The number of fused-ring (bicyclic) bond motifs is 15. The zero-order valence-corrected chi connectivity index (χ0v) is 81.0. The van der Waals surface area contributed by atoms with Crippen LogP contribution in [0.15, 0.2) is 88.7 Å². The van der Waals surface area contributed by atoms with Gasteiger partial charge in [0.1, 0.15) is 90.6 Å². The number of alkyl halides is 3. The fourth-order valence-electron chi connectivity index (χ4n) is 17.2. The summed E-state index contributed by atoms with van der Waals surface area (Å²) in [7, 11) is 0. The number of terminal acetylenes is 3. The molecule has 27 atom stereocenters. The van der Waals surface area contributed by atoms with Gasteiger partial charge in [0.2, 0.25) is 17.8 Å². The molecule has 9 aliphatic rings. The third-order valence-electron chi connectivity index (χ3n) is 23.7. The maximum absolute atomic E-state index is 16.0. The lowest BCUT2D eigenvalue weighted by molar-refractivity contribution is -0.0894. The molecule has 21 N–H and O–H groups in total. The average Bonchev–Trinajstić information content (AvgIpc) is 1.63. The lowest BCUT2D eigenvalue weighted by Gasteiger charge is -2.32. The Morgan fingerprint density at radius 2 is 0.645 bits per heavy atom. The van der Waals surface area contributed by atoms with Crippen molar-refractivity contribution in [2.75, 3.05) is 74.0 Å². The molecule has 0 saturated carbocycles. The molecule has 12 aromatic rings. The SMILES string of the molecule is C#C[C@@]12COP(O)(=S)O[C@@H]3[C@H](F)[C@@H](COP(O)(=S)O[C@H]1C[C@H](n1cc(F)c4c(N)ccnc41)O2)O[C@H]3n1cnc2c(=O)[nH]c(N)nc21.C#C[C@@]12COP(O)(=S)O[C@@H]3[C@H](F)[C@@H](COP(O)(=S)O[C@H]1C[C@H](n1cc(F)c4c(N)ccnc41)O2)O[C@H]3n1cnc2c(=O)[nH]c(N)nc21.C#C[C@@]12COP(O)(=S)O[C@@H]3[C@H](F)[C@@H](COP(O)(=S)O[C@H]1C[C@H](n1cc(F)c4c(N)ccnc41)O2)O[C@H]3n1cnc2c(=O)[nH]c(N)nc21. The predicted molar refractivity (Wildman–Crippen MR) is 499 cm³/mol. The van der Waals surface area contributed by atoms with Crippen molar-refractivity contribution in [1.82, 2.24) is 87.2 Å². The third kappa shape index (κ3) is 19.0. The van der Waals surface area contributed by atoms with Crippen LogP contribution in [0.5, 0.6) is 0 Å². The Morgan fingerprint density at radius 3 is 0.901 bits per heavy atom. The van der Waals surface area contributed by atoms with Crippen molar-refractivity contribution in [1.29, 1.82) is 0 Å². The van der Waals surface area contributed by atoms with Gasteiger partial charge in [0.15, 0.2) is 105 Å². The van der Waals surface area contributed by atoms with E-state index in [4.69, 9.17) is 207 Å². The Hall–Kier alpha value is -8.88. The number of halogens is 6. The molecule has 12 aromatic heterocycles. The van der Waals surface area contributed by atoms with Crippen LogP contribution in [0.3, 0.4) is 0 Å². The molecular formula is C72H72F6N24O27P6S6. The number of H-pyrrole nitrogens is 3. The van der Waals surface area contributed by atoms with Gasteiger partial charge < -0.3 is 147 Å². The van der Waals surface area contributed by atoms with Gasteiger partial charge in [-0.1, -0.05) is 17.8 Å². The van der Waals surface area contributed by atoms with E-state index in [1.165, 1.54) is 50.5 Å². The fraction of sp³-hybridized carbons (Fsp3) is 0.417. The number of imidazole rings is 3. The summed E-state index contributed by atoms with van der Waals surface area (Å²) in [6.07, 6.45) is 1.03. The first-order chi connectivity index (χ1) is 66.6. The van der Waals surface area contributed by atoms with E-state index in [1.54, 1.807) is 0 Å². The summed E-state index contributed by atoms with van der Waals surface area (Å²) in [4.78, 5) is 148. The molecule has 0 aromatic carbocycles. The van der Waals surface area contributed by atoms with Gasteiger partial charge in [-0.3, -0.25) is 56.6 Å². The smallest absolute Gasteiger partial charge is 0.325 e. The quantitative estimate of drug-likeness (QED) is 0.0640. The van der Waals surface area contributed by atoms with Gasteiger partial charge in [0, 0.05) is 73.5 Å². The van der Waals surface area contributed by atoms with Crippen LogP contribution in [0.25, 0.3) is 66.6 Å². The number of anilines is 6. The zero-order valence-electron chi connectivity index (χ0n) is 70.7. The second kappa shape index (κ2) is 37.6. The van der Waals surface area contributed by atoms with Crippen molar-refractivity contribution in [2.24, 2.45) is 0 Å². The van der Waals surface area contributed by atoms with E-state index < -0.39 is 242 Å². The van der Waals surface area contributed by atoms with E-state index in [9.17, 15) is 56.9 Å². The van der Waals surface area contributed by atoms with Gasteiger partial charge >= 0.3 is 40.3 Å². The molecule has 21 rings (SSSR count). The molecule has 9 fully saturated rings. The summed E-state index contributed by atoms with van der Waals surface area (Å²) in [6.45, 7) is -30.1. The maximum atomic E-state index is 16.0. The standard InChI is InChI=1S/3C24H24F2N8O9P2S2/c3*1-2-24-8-39-45(37,47)43-18-16(26)12(40-22(18)34-9-30-17-20(34)31-23(28)32-21(17)35)7-38-44(36,46)42-13(24)5-14(41-24)33-6-10(25)15-11(27)3-4-29-19(15)33/h3*1,3-4,6,9,12-14,16,18,22H,5,7-8H2,(H2,27,29)(H,36,46)(H,37,47)(H3,28,31,32,35)/t3*12-,13+,14-,16-,18-,22-,24-,44?,45?/m111/s1. The number of hydrogen-bond donors (Lipinski definition) is 15. The number of ether oxygens (including phenoxy) is 6. The average molecular weight is 2200 g/mol. The number of aromatic nitrogens is 18. The summed E-state index contributed by atoms with van der Waals surface area (Å²) in [5.41, 5.74) is 27.2. The molecule has 0 spiro atoms. The van der Waals surface area contributed by atoms with E-state index >= 15 is 13.2 Å². The molecular weight excluding hydrogens is 2130 g/mol. The van der Waals surface area contributed by atoms with Gasteiger partial charge in [-0.15, -0.1) is 19.3 Å². The van der Waals surface area contributed by atoms with E-state index in [2.05, 4.69) is 77.6 Å². The number of hydrogen-bond acceptors (Lipinski definition) is 42. The van der Waals surface area contributed by atoms with Crippen LogP contribution < -0.4 is 51.1 Å². The Labute approximate surface area is 814 Å². The van der Waals surface area contributed by atoms with Crippen LogP contribution in [0.1, 0.15) is 56.6 Å². The molecule has 21 heterocycles. The summed E-state index contributed by atoms with van der Waals surface area (Å²) in [6, 6.07) is 4.29. The van der Waals surface area contributed by atoms with Gasteiger partial charge in [0.25, 0.3) is 16.7 Å². The number of rotatable bonds is 6. The van der Waals surface area contributed by atoms with E-state index in [1.807, 2.05) is 0 Å². The second-order valence-corrected chi connectivity index (χ2v) is 49.1. The second-order valence-electron chi connectivity index (χ2n) is 32.3. The van der Waals surface area contributed by atoms with Crippen LogP contribution in [0.4, 0.5) is 61.2 Å². The Morgan fingerprint density at radius 1 is 0.390 bits per heavy atom. The molecule has 750 valence electrons. The number of nitrogens with one attached hydrogen (secondary N) is 3. The number of pyridine rings is 3. The van der Waals surface area contributed by atoms with Crippen LogP contribution in [0, 0.1) is 54.5 Å². The zero-order chi connectivity index (χ0) is 100. The van der Waals surface area contributed by atoms with Gasteiger partial charge in [-0.2, -0.15) is 15.0 Å². The molecule has 51 nitrogen and oxygen atoms in total. The van der Waals surface area contributed by atoms with Crippen molar-refractivity contribution in [3.8, 4) is 37.0 Å². The van der Waals surface area contributed by atoms with Crippen molar-refractivity contribution >= 4 is 213 Å². The summed E-state index contributed by atoms with van der Waals surface area (Å²) in [5, 5.41) is 0.122. The minimum atomic E-state index is -4.41. The molecule has 0 radical (unpaired) electrons. The number of nitrogen functional groups attached to an aromatic ring is 6. The van der Waals surface area contributed by atoms with Gasteiger partial charge in [-0.25, -0.2) is 56.2 Å². The Balaban J connectivity index is 0.000000134. The first kappa shape index (κ1) is 101. The highest BCUT2D eigenvalue weighted by atomic mass is 32.5. The minimum absolute atomic E-state index is 0.0407. The highest BCUT2D eigenvalue weighted by Crippen LogP contribution is 2.62. The third-order valence-corrected chi connectivity index (χ3v) is 33.0. The number of nitrogens with zero attached hydrogens (tertiary/aromatic N) is 15. The summed E-state index contributed by atoms with van der Waals surface area (Å²) in [5.74, 6) is 4.42. The molecule has 69 heteroatoms. The number of aromatic amines is 3. The van der Waals surface area contributed by atoms with Crippen molar-refractivity contribution in [2.45, 2.75) is 147 Å². The molecule has 9 aliphatic heterocycles. The summed E-state index contributed by atoms with van der Waals surface area (Å²) < 4.78 is 204. The fourth-order valence-corrected chi connectivity index (χ4v) is 25.8. The Bertz CT molecular complexity index is 7030. The van der Waals surface area contributed by atoms with Crippen molar-refractivity contribution < 1.29 is 138 Å². The minimum Gasteiger partial charge on any atom is -0.398 e. The van der Waals surface area contributed by atoms with E-state index in [0.29, 0.717) is 0 Å². The highest BCUT2D eigenvalue weighted by Gasteiger charge is 2.61. The summed E-state index contributed by atoms with van der Waals surface area (Å²) >= 11 is 31.5. The highest BCUT2D eigenvalue weighted by molar-refractivity contribution is 8.08. The van der Waals surface area contributed by atoms with E-state index in [0.717, 1.165) is 51.3 Å². The van der Waals surface area contributed by atoms with Crippen LogP contribution in [0.2, 0.25) is 0 Å².